The monoisotopic (exact) mass is 282 g/mol. The number of hydrogen-bond donors (Lipinski definition) is 1. The molecule has 0 aliphatic carbocycles. The third-order valence-corrected chi connectivity index (χ3v) is 4.74. The summed E-state index contributed by atoms with van der Waals surface area (Å²) in [6.07, 6.45) is 10.9. The molecule has 4 nitrogen and oxygen atoms in total. The van der Waals surface area contributed by atoms with Crippen LogP contribution in [0.2, 0.25) is 0 Å². The lowest BCUT2D eigenvalue weighted by atomic mass is 10.1. The Morgan fingerprint density at radius 1 is 0.650 bits per heavy atom. The molecule has 2 aliphatic heterocycles. The molecule has 0 aromatic heterocycles. The van der Waals surface area contributed by atoms with E-state index in [0.29, 0.717) is 0 Å². The van der Waals surface area contributed by atoms with Gasteiger partial charge in [-0.1, -0.05) is 12.8 Å². The van der Waals surface area contributed by atoms with Gasteiger partial charge in [-0.25, -0.2) is 5.01 Å². The van der Waals surface area contributed by atoms with E-state index in [-0.39, 0.29) is 0 Å². The van der Waals surface area contributed by atoms with Crippen molar-refractivity contribution in [2.75, 3.05) is 52.4 Å². The minimum absolute atomic E-state index is 1.05. The Morgan fingerprint density at radius 2 is 1.05 bits per heavy atom. The van der Waals surface area contributed by atoms with Gasteiger partial charge in [0.05, 0.1) is 0 Å². The molecule has 0 unspecified atom stereocenters. The molecule has 118 valence electrons. The van der Waals surface area contributed by atoms with Crippen LogP contribution >= 0.6 is 0 Å². The highest BCUT2D eigenvalue weighted by Crippen LogP contribution is 2.10. The van der Waals surface area contributed by atoms with E-state index >= 15 is 0 Å². The zero-order valence-electron chi connectivity index (χ0n) is 13.2. The number of nitrogens with zero attached hydrogens (tertiary/aromatic N) is 3. The topological polar surface area (TPSA) is 35.7 Å². The molecule has 0 saturated carbocycles. The maximum atomic E-state index is 6.10. The fraction of sp³-hybridized carbons (Fsp3) is 1.00. The molecule has 2 heterocycles. The minimum atomic E-state index is 1.05. The largest absolute Gasteiger partial charge is 0.303 e. The van der Waals surface area contributed by atoms with E-state index in [1.807, 2.05) is 5.01 Å². The van der Waals surface area contributed by atoms with Crippen LogP contribution in [0.1, 0.15) is 51.4 Å². The molecule has 0 atom stereocenters. The van der Waals surface area contributed by atoms with Gasteiger partial charge in [0.25, 0.3) is 0 Å². The van der Waals surface area contributed by atoms with Crippen LogP contribution < -0.4 is 5.84 Å². The normalized spacial score (nSPS) is 22.5. The first-order valence-electron chi connectivity index (χ1n) is 8.79. The van der Waals surface area contributed by atoms with E-state index in [9.17, 15) is 0 Å². The molecule has 0 radical (unpaired) electrons. The molecule has 20 heavy (non-hydrogen) atoms. The van der Waals surface area contributed by atoms with Crippen molar-refractivity contribution in [3.63, 3.8) is 0 Å². The third kappa shape index (κ3) is 6.53. The maximum Gasteiger partial charge on any atom is 0.0140 e. The summed E-state index contributed by atoms with van der Waals surface area (Å²) in [6.45, 7) is 9.80. The Hall–Kier alpha value is -0.160. The number of piperidine rings is 2. The second-order valence-electron chi connectivity index (χ2n) is 6.55. The summed E-state index contributed by atoms with van der Waals surface area (Å²) in [4.78, 5) is 5.20. The van der Waals surface area contributed by atoms with Gasteiger partial charge in [-0.15, -0.1) is 0 Å². The van der Waals surface area contributed by atoms with Crippen LogP contribution in [-0.4, -0.2) is 67.2 Å². The predicted octanol–water partition coefficient (Wildman–Crippen LogP) is 1.91. The molecule has 2 aliphatic rings. The molecule has 2 N–H and O–H groups in total. The lowest BCUT2D eigenvalue weighted by Gasteiger charge is -2.28. The van der Waals surface area contributed by atoms with Crippen molar-refractivity contribution < 1.29 is 0 Å². The van der Waals surface area contributed by atoms with Crippen molar-refractivity contribution >= 4 is 0 Å². The second kappa shape index (κ2) is 9.72. The summed E-state index contributed by atoms with van der Waals surface area (Å²) in [6, 6.07) is 0. The summed E-state index contributed by atoms with van der Waals surface area (Å²) in [5.74, 6) is 6.10. The van der Waals surface area contributed by atoms with Crippen molar-refractivity contribution in [2.24, 2.45) is 5.84 Å². The van der Waals surface area contributed by atoms with Gasteiger partial charge in [0.2, 0.25) is 0 Å². The summed E-state index contributed by atoms with van der Waals surface area (Å²) in [5, 5.41) is 2.04. The van der Waals surface area contributed by atoms with E-state index in [1.54, 1.807) is 0 Å². The molecule has 4 heteroatoms. The summed E-state index contributed by atoms with van der Waals surface area (Å²) >= 11 is 0. The fourth-order valence-corrected chi connectivity index (χ4v) is 3.47. The SMILES string of the molecule is NN(CCCN1CCCCC1)CCCN1CCCCC1. The highest BCUT2D eigenvalue weighted by Gasteiger charge is 2.11. The first-order valence-corrected chi connectivity index (χ1v) is 8.79. The van der Waals surface area contributed by atoms with Crippen LogP contribution in [0.15, 0.2) is 0 Å². The van der Waals surface area contributed by atoms with E-state index in [0.717, 1.165) is 13.1 Å². The van der Waals surface area contributed by atoms with E-state index in [2.05, 4.69) is 9.80 Å². The molecular formula is C16H34N4. The number of hydrazine groups is 1. The molecule has 0 amide bonds. The van der Waals surface area contributed by atoms with Gasteiger partial charge in [-0.3, -0.25) is 5.84 Å². The molecule has 2 rings (SSSR count). The van der Waals surface area contributed by atoms with Crippen LogP contribution in [-0.2, 0) is 0 Å². The van der Waals surface area contributed by atoms with Crippen LogP contribution in [0, 0.1) is 0 Å². The van der Waals surface area contributed by atoms with Gasteiger partial charge in [0.15, 0.2) is 0 Å². The lowest BCUT2D eigenvalue weighted by molar-refractivity contribution is 0.187. The Labute approximate surface area is 125 Å². The lowest BCUT2D eigenvalue weighted by Crippen LogP contribution is -2.38. The second-order valence-corrected chi connectivity index (χ2v) is 6.55. The average Bonchev–Trinajstić information content (AvgIpc) is 2.49. The quantitative estimate of drug-likeness (QED) is 0.545. The number of rotatable bonds is 8. The highest BCUT2D eigenvalue weighted by molar-refractivity contribution is 4.66. The van der Waals surface area contributed by atoms with E-state index in [1.165, 1.54) is 90.6 Å². The Morgan fingerprint density at radius 3 is 1.45 bits per heavy atom. The Balaban J connectivity index is 1.44. The molecular weight excluding hydrogens is 248 g/mol. The molecule has 2 fully saturated rings. The minimum Gasteiger partial charge on any atom is -0.303 e. The zero-order valence-corrected chi connectivity index (χ0v) is 13.2. The van der Waals surface area contributed by atoms with E-state index < -0.39 is 0 Å². The number of hydrogen-bond acceptors (Lipinski definition) is 4. The standard InChI is InChI=1S/C16H34N4/c17-20(15-7-13-18-9-3-1-4-10-18)16-8-14-19-11-5-2-6-12-19/h1-17H2. The summed E-state index contributed by atoms with van der Waals surface area (Å²) in [7, 11) is 0. The van der Waals surface area contributed by atoms with Crippen LogP contribution in [0.5, 0.6) is 0 Å². The Bertz CT molecular complexity index is 211. The first kappa shape index (κ1) is 16.2. The zero-order chi connectivity index (χ0) is 14.0. The molecule has 0 bridgehead atoms. The first-order chi connectivity index (χ1) is 9.84. The smallest absolute Gasteiger partial charge is 0.0140 e. The molecule has 0 spiro atoms. The van der Waals surface area contributed by atoms with E-state index in [4.69, 9.17) is 5.84 Å². The van der Waals surface area contributed by atoms with Crippen molar-refractivity contribution in [3.05, 3.63) is 0 Å². The van der Waals surface area contributed by atoms with Crippen molar-refractivity contribution in [1.82, 2.24) is 14.8 Å². The van der Waals surface area contributed by atoms with Gasteiger partial charge in [0, 0.05) is 13.1 Å². The number of nitrogens with two attached hydrogens (primary N) is 1. The average molecular weight is 282 g/mol. The number of likely N-dealkylation sites (tertiary alicyclic amines) is 2. The van der Waals surface area contributed by atoms with Gasteiger partial charge in [-0.2, -0.15) is 0 Å². The van der Waals surface area contributed by atoms with Crippen molar-refractivity contribution in [2.45, 2.75) is 51.4 Å². The predicted molar refractivity (Wildman–Crippen MR) is 85.6 cm³/mol. The van der Waals surface area contributed by atoms with Gasteiger partial charge in [0.1, 0.15) is 0 Å². The maximum absolute atomic E-state index is 6.10. The van der Waals surface area contributed by atoms with Crippen molar-refractivity contribution in [3.8, 4) is 0 Å². The summed E-state index contributed by atoms with van der Waals surface area (Å²) in [5.41, 5.74) is 0. The fourth-order valence-electron chi connectivity index (χ4n) is 3.47. The van der Waals surface area contributed by atoms with Crippen molar-refractivity contribution in [1.29, 1.82) is 0 Å². The summed E-state index contributed by atoms with van der Waals surface area (Å²) < 4.78 is 0. The molecule has 2 saturated heterocycles. The van der Waals surface area contributed by atoms with Gasteiger partial charge < -0.3 is 9.80 Å². The molecule has 0 aromatic rings. The van der Waals surface area contributed by atoms with Gasteiger partial charge >= 0.3 is 0 Å². The third-order valence-electron chi connectivity index (χ3n) is 4.74. The van der Waals surface area contributed by atoms with Crippen LogP contribution in [0.4, 0.5) is 0 Å². The highest BCUT2D eigenvalue weighted by atomic mass is 15.4. The van der Waals surface area contributed by atoms with Gasteiger partial charge in [-0.05, 0) is 77.8 Å². The van der Waals surface area contributed by atoms with Crippen LogP contribution in [0.3, 0.4) is 0 Å². The Kier molecular flexibility index (Phi) is 7.88. The van der Waals surface area contributed by atoms with Crippen LogP contribution in [0.25, 0.3) is 0 Å². The molecule has 0 aromatic carbocycles.